The van der Waals surface area contributed by atoms with Crippen LogP contribution in [0, 0.1) is 0 Å². The van der Waals surface area contributed by atoms with Crippen LogP contribution in [0.4, 0.5) is 0 Å². The molecule has 50 heavy (non-hydrogen) atoms. The third-order valence-corrected chi connectivity index (χ3v) is 9.82. The van der Waals surface area contributed by atoms with E-state index in [1.165, 1.54) is 21.8 Å². The van der Waals surface area contributed by atoms with Crippen LogP contribution in [0.3, 0.4) is 0 Å². The average molecular weight is 642 g/mol. The molecule has 0 spiro atoms. The molecule has 0 amide bonds. The summed E-state index contributed by atoms with van der Waals surface area (Å²) in [6, 6.07) is 45.3. The Labute approximate surface area is 288 Å². The molecule has 0 atom stereocenters. The minimum atomic E-state index is 0.764. The Morgan fingerprint density at radius 3 is 2.10 bits per heavy atom. The van der Waals surface area contributed by atoms with Gasteiger partial charge in [0.25, 0.3) is 0 Å². The van der Waals surface area contributed by atoms with E-state index < -0.39 is 0 Å². The Morgan fingerprint density at radius 2 is 1.34 bits per heavy atom. The maximum Gasteiger partial charge on any atom is 0.139 e. The van der Waals surface area contributed by atoms with E-state index in [0.717, 1.165) is 73.2 Å². The normalized spacial score (nSPS) is 14.4. The van der Waals surface area contributed by atoms with Crippen molar-refractivity contribution in [1.29, 1.82) is 0 Å². The molecule has 0 N–H and O–H groups in total. The lowest BCUT2D eigenvalue weighted by Gasteiger charge is -2.14. The molecule has 0 aliphatic heterocycles. The van der Waals surface area contributed by atoms with Gasteiger partial charge in [-0.2, -0.15) is 0 Å². The van der Waals surface area contributed by atoms with Crippen LogP contribution in [0.2, 0.25) is 0 Å². The van der Waals surface area contributed by atoms with Crippen molar-refractivity contribution in [2.75, 3.05) is 0 Å². The van der Waals surface area contributed by atoms with E-state index in [-0.39, 0.29) is 0 Å². The van der Waals surface area contributed by atoms with E-state index in [1.54, 1.807) is 0 Å². The molecular formula is C45H31N5. The lowest BCUT2D eigenvalue weighted by Crippen LogP contribution is -2.05. The van der Waals surface area contributed by atoms with E-state index in [0.29, 0.717) is 0 Å². The molecule has 9 aromatic rings. The smallest absolute Gasteiger partial charge is 0.139 e. The average Bonchev–Trinajstić information content (AvgIpc) is 3.80. The van der Waals surface area contributed by atoms with Crippen LogP contribution in [0.1, 0.15) is 6.42 Å². The minimum Gasteiger partial charge on any atom is -0.309 e. The molecular weight excluding hydrogens is 611 g/mol. The predicted octanol–water partition coefficient (Wildman–Crippen LogP) is 11.3. The van der Waals surface area contributed by atoms with Gasteiger partial charge >= 0.3 is 0 Å². The molecule has 1 aliphatic carbocycles. The Bertz CT molecular complexity index is 2920. The molecule has 4 heterocycles. The van der Waals surface area contributed by atoms with Gasteiger partial charge in [-0.05, 0) is 60.7 Å². The Kier molecular flexibility index (Phi) is 6.33. The first kappa shape index (κ1) is 28.3. The number of fused-ring (bicyclic) bond motifs is 9. The molecule has 4 aromatic heterocycles. The highest BCUT2D eigenvalue weighted by molar-refractivity contribution is 6.26. The third kappa shape index (κ3) is 4.13. The molecule has 0 radical (unpaired) electrons. The Hall–Kier alpha value is -6.72. The minimum absolute atomic E-state index is 0.764. The highest BCUT2D eigenvalue weighted by atomic mass is 15.2. The van der Waals surface area contributed by atoms with Crippen LogP contribution in [-0.2, 0) is 0 Å². The number of pyridine rings is 1. The van der Waals surface area contributed by atoms with Gasteiger partial charge in [0.05, 0.1) is 33.3 Å². The van der Waals surface area contributed by atoms with Crippen LogP contribution in [0.15, 0.2) is 175 Å². The first-order valence-corrected chi connectivity index (χ1v) is 17.0. The lowest BCUT2D eigenvalue weighted by atomic mass is 10.1. The van der Waals surface area contributed by atoms with Gasteiger partial charge in [-0.25, -0.2) is 9.98 Å². The molecule has 0 fully saturated rings. The second-order valence-electron chi connectivity index (χ2n) is 12.6. The van der Waals surface area contributed by atoms with Crippen LogP contribution < -0.4 is 0 Å². The monoisotopic (exact) mass is 641 g/mol. The number of rotatable bonds is 5. The highest BCUT2D eigenvalue weighted by Gasteiger charge is 2.26. The van der Waals surface area contributed by atoms with Gasteiger partial charge in [-0.3, -0.25) is 9.13 Å². The quantitative estimate of drug-likeness (QED) is 0.172. The van der Waals surface area contributed by atoms with E-state index in [1.807, 2.05) is 24.3 Å². The van der Waals surface area contributed by atoms with E-state index in [9.17, 15) is 0 Å². The van der Waals surface area contributed by atoms with Gasteiger partial charge in [0.1, 0.15) is 17.3 Å². The second-order valence-corrected chi connectivity index (χ2v) is 12.6. The van der Waals surface area contributed by atoms with Crippen molar-refractivity contribution in [3.63, 3.8) is 0 Å². The Balaban J connectivity index is 1.42. The van der Waals surface area contributed by atoms with Crippen molar-refractivity contribution in [3.05, 3.63) is 170 Å². The molecule has 0 saturated carbocycles. The number of allylic oxidation sites excluding steroid dienone is 6. The molecule has 0 bridgehead atoms. The van der Waals surface area contributed by atoms with Crippen molar-refractivity contribution in [3.8, 4) is 11.5 Å². The lowest BCUT2D eigenvalue weighted by molar-refractivity contribution is 1.03. The maximum atomic E-state index is 5.29. The van der Waals surface area contributed by atoms with Crippen molar-refractivity contribution in [2.45, 2.75) is 6.42 Å². The predicted molar refractivity (Wildman–Crippen MR) is 211 cm³/mol. The zero-order valence-electron chi connectivity index (χ0n) is 27.2. The maximum absolute atomic E-state index is 5.29. The van der Waals surface area contributed by atoms with Gasteiger partial charge < -0.3 is 4.57 Å². The number of benzene rings is 5. The van der Waals surface area contributed by atoms with E-state index in [2.05, 4.69) is 160 Å². The molecule has 10 rings (SSSR count). The van der Waals surface area contributed by atoms with Crippen molar-refractivity contribution in [2.24, 2.45) is 4.99 Å². The van der Waals surface area contributed by atoms with Crippen molar-refractivity contribution < 1.29 is 0 Å². The summed E-state index contributed by atoms with van der Waals surface area (Å²) in [4.78, 5) is 10.6. The molecule has 0 saturated heterocycles. The van der Waals surface area contributed by atoms with Crippen LogP contribution in [-0.4, -0.2) is 24.4 Å². The largest absolute Gasteiger partial charge is 0.309 e. The number of para-hydroxylation sites is 4. The zero-order valence-corrected chi connectivity index (χ0v) is 27.2. The summed E-state index contributed by atoms with van der Waals surface area (Å²) in [5, 5.41) is 7.02. The number of nitrogens with zero attached hydrogens (tertiary/aromatic N) is 5. The van der Waals surface area contributed by atoms with Crippen molar-refractivity contribution >= 4 is 77.1 Å². The van der Waals surface area contributed by atoms with Gasteiger partial charge in [0, 0.05) is 44.4 Å². The third-order valence-electron chi connectivity index (χ3n) is 9.82. The summed E-state index contributed by atoms with van der Waals surface area (Å²) in [5.74, 6) is 1.64. The standard InChI is InChI=1S/C45H31N5/c1-2-15-41(46-31-17-4-3-5-18-31)49-38-25-13-9-21-34(38)43-44-39(48-36-23-11-7-19-32(36)33-20-8-12-24-37(33)48)26-14-27-40(44)50(45(43)49)42-29-28-30-16-6-10-22-35(30)47-42/h2-17,19-29H,1,18H2/b41-15+,46-31-. The van der Waals surface area contributed by atoms with E-state index >= 15 is 0 Å². The molecule has 5 aromatic carbocycles. The fourth-order valence-corrected chi connectivity index (χ4v) is 7.78. The number of hydrogen-bond acceptors (Lipinski definition) is 2. The number of hydrogen-bond donors (Lipinski definition) is 0. The van der Waals surface area contributed by atoms with Crippen LogP contribution in [0.5, 0.6) is 0 Å². The molecule has 5 heteroatoms. The molecule has 5 nitrogen and oxygen atoms in total. The fourth-order valence-electron chi connectivity index (χ4n) is 7.78. The first-order chi connectivity index (χ1) is 24.8. The summed E-state index contributed by atoms with van der Waals surface area (Å²) in [7, 11) is 0. The fraction of sp³-hybridized carbons (Fsp3) is 0.0222. The number of aromatic nitrogens is 4. The van der Waals surface area contributed by atoms with Crippen molar-refractivity contribution in [1.82, 2.24) is 18.7 Å². The summed E-state index contributed by atoms with van der Waals surface area (Å²) in [6.45, 7) is 4.11. The highest BCUT2D eigenvalue weighted by Crippen LogP contribution is 2.44. The topological polar surface area (TPSA) is 40.0 Å². The van der Waals surface area contributed by atoms with Gasteiger partial charge in [-0.1, -0.05) is 110 Å². The second kappa shape index (κ2) is 11.2. The van der Waals surface area contributed by atoms with Crippen LogP contribution in [0.25, 0.3) is 82.9 Å². The molecule has 0 unspecified atom stereocenters. The van der Waals surface area contributed by atoms with Gasteiger partial charge in [0.15, 0.2) is 0 Å². The molecule has 236 valence electrons. The van der Waals surface area contributed by atoms with Gasteiger partial charge in [0.2, 0.25) is 0 Å². The van der Waals surface area contributed by atoms with E-state index in [4.69, 9.17) is 9.98 Å². The Morgan fingerprint density at radius 1 is 0.640 bits per heavy atom. The van der Waals surface area contributed by atoms with Crippen LogP contribution >= 0.6 is 0 Å². The SMILES string of the molecule is C=C/C=C(\N=C1\C=CC=CC1)n1c2ccccc2c2c3c(-n4c5ccccc5c5ccccc54)cccc3n(-c3ccc4ccccc4n3)c21. The first-order valence-electron chi connectivity index (χ1n) is 17.0. The van der Waals surface area contributed by atoms with Gasteiger partial charge in [-0.15, -0.1) is 0 Å². The summed E-state index contributed by atoms with van der Waals surface area (Å²) < 4.78 is 7.04. The zero-order chi connectivity index (χ0) is 33.2. The summed E-state index contributed by atoms with van der Waals surface area (Å²) >= 11 is 0. The summed E-state index contributed by atoms with van der Waals surface area (Å²) in [5.41, 5.74) is 8.54. The number of aliphatic imine (C=N–C) groups is 1. The molecule has 1 aliphatic rings. The summed E-state index contributed by atoms with van der Waals surface area (Å²) in [6.07, 6.45) is 12.9.